The summed E-state index contributed by atoms with van der Waals surface area (Å²) < 4.78 is 1.61. The molecule has 0 saturated heterocycles. The quantitative estimate of drug-likeness (QED) is 0.886. The lowest BCUT2D eigenvalue weighted by Crippen LogP contribution is -2.30. The summed E-state index contributed by atoms with van der Waals surface area (Å²) in [6.07, 6.45) is 5.65. The second-order valence-corrected chi connectivity index (χ2v) is 7.03. The van der Waals surface area contributed by atoms with Crippen molar-refractivity contribution in [2.75, 3.05) is 19.4 Å². The molecule has 0 saturated carbocycles. The van der Waals surface area contributed by atoms with Gasteiger partial charge in [0.05, 0.1) is 29.2 Å². The number of aliphatic imine (C=N–C) groups is 1. The SMILES string of the molecule is Cc1nn(C)cc1C(=O)Nc1cnc(C)c(C2=CN=C(N(C)C)C(C#N)C2)c1. The van der Waals surface area contributed by atoms with Crippen molar-refractivity contribution in [3.05, 3.63) is 47.2 Å². The van der Waals surface area contributed by atoms with Crippen LogP contribution in [0, 0.1) is 31.1 Å². The Balaban J connectivity index is 1.89. The van der Waals surface area contributed by atoms with E-state index in [0.717, 1.165) is 22.7 Å². The second-order valence-electron chi connectivity index (χ2n) is 7.03. The van der Waals surface area contributed by atoms with Gasteiger partial charge in [-0.3, -0.25) is 14.5 Å². The highest BCUT2D eigenvalue weighted by Crippen LogP contribution is 2.30. The van der Waals surface area contributed by atoms with Gasteiger partial charge in [0.25, 0.3) is 5.91 Å². The van der Waals surface area contributed by atoms with E-state index in [9.17, 15) is 10.1 Å². The van der Waals surface area contributed by atoms with Crippen LogP contribution in [0.5, 0.6) is 0 Å². The van der Waals surface area contributed by atoms with Gasteiger partial charge in [-0.25, -0.2) is 4.99 Å². The predicted molar refractivity (Wildman–Crippen MR) is 108 cm³/mol. The van der Waals surface area contributed by atoms with Gasteiger partial charge in [-0.15, -0.1) is 0 Å². The molecule has 2 aromatic heterocycles. The number of pyridine rings is 1. The molecule has 1 amide bonds. The van der Waals surface area contributed by atoms with Crippen molar-refractivity contribution in [2.24, 2.45) is 18.0 Å². The molecular weight excluding hydrogens is 354 g/mol. The summed E-state index contributed by atoms with van der Waals surface area (Å²) in [4.78, 5) is 23.3. The molecule has 0 fully saturated rings. The van der Waals surface area contributed by atoms with Crippen LogP contribution in [0.2, 0.25) is 0 Å². The molecular formula is C20H23N7O. The zero-order valence-electron chi connectivity index (χ0n) is 16.7. The third-order valence-corrected chi connectivity index (χ3v) is 4.65. The molecule has 1 unspecified atom stereocenters. The van der Waals surface area contributed by atoms with Crippen molar-refractivity contribution in [3.8, 4) is 6.07 Å². The standard InChI is InChI=1S/C20H23N7O/c1-12-17(15-6-14(8-21)19(23-9-15)26(3)4)7-16(10-22-12)24-20(28)18-11-27(5)25-13(18)2/h7,9-11,14H,6H2,1-5H3,(H,24,28). The molecule has 1 aliphatic rings. The number of allylic oxidation sites excluding steroid dienone is 1. The maximum atomic E-state index is 12.6. The number of aryl methyl sites for hydroxylation is 3. The molecule has 3 heterocycles. The van der Waals surface area contributed by atoms with Crippen LogP contribution in [0.1, 0.15) is 33.7 Å². The number of rotatable bonds is 3. The first-order valence-corrected chi connectivity index (χ1v) is 8.92. The summed E-state index contributed by atoms with van der Waals surface area (Å²) in [5, 5.41) is 16.6. The second kappa shape index (κ2) is 7.64. The summed E-state index contributed by atoms with van der Waals surface area (Å²) in [5.74, 6) is 0.196. The first-order chi connectivity index (χ1) is 13.3. The summed E-state index contributed by atoms with van der Waals surface area (Å²) in [6, 6.07) is 4.20. The van der Waals surface area contributed by atoms with Crippen LogP contribution in [0.25, 0.3) is 5.57 Å². The molecule has 1 atom stereocenters. The van der Waals surface area contributed by atoms with Crippen molar-refractivity contribution in [3.63, 3.8) is 0 Å². The Morgan fingerprint density at radius 1 is 1.36 bits per heavy atom. The number of carbonyl (C=O) groups excluding carboxylic acids is 1. The number of amides is 1. The number of hydrogen-bond acceptors (Lipinski definition) is 6. The number of anilines is 1. The van der Waals surface area contributed by atoms with E-state index in [0.29, 0.717) is 23.4 Å². The molecule has 0 spiro atoms. The van der Waals surface area contributed by atoms with Crippen LogP contribution in [-0.4, -0.2) is 45.5 Å². The fourth-order valence-electron chi connectivity index (χ4n) is 3.26. The minimum atomic E-state index is -0.314. The summed E-state index contributed by atoms with van der Waals surface area (Å²) in [5.41, 5.74) is 4.40. The lowest BCUT2D eigenvalue weighted by Gasteiger charge is -2.24. The van der Waals surface area contributed by atoms with Gasteiger partial charge in [0, 0.05) is 44.8 Å². The largest absolute Gasteiger partial charge is 0.365 e. The Labute approximate surface area is 164 Å². The summed E-state index contributed by atoms with van der Waals surface area (Å²) >= 11 is 0. The molecule has 8 nitrogen and oxygen atoms in total. The molecule has 2 aromatic rings. The van der Waals surface area contributed by atoms with E-state index in [2.05, 4.69) is 26.5 Å². The fourth-order valence-corrected chi connectivity index (χ4v) is 3.26. The van der Waals surface area contributed by atoms with Crippen molar-refractivity contribution in [1.82, 2.24) is 19.7 Å². The van der Waals surface area contributed by atoms with Gasteiger partial charge < -0.3 is 10.2 Å². The van der Waals surface area contributed by atoms with Crippen molar-refractivity contribution in [1.29, 1.82) is 5.26 Å². The molecule has 1 N–H and O–H groups in total. The first kappa shape index (κ1) is 19.3. The topological polar surface area (TPSA) is 99.2 Å². The molecule has 0 aliphatic carbocycles. The molecule has 144 valence electrons. The Kier molecular flexibility index (Phi) is 5.27. The van der Waals surface area contributed by atoms with Crippen LogP contribution >= 0.6 is 0 Å². The third-order valence-electron chi connectivity index (χ3n) is 4.65. The number of amidine groups is 1. The van der Waals surface area contributed by atoms with Crippen LogP contribution in [-0.2, 0) is 7.05 Å². The van der Waals surface area contributed by atoms with Crippen molar-refractivity contribution in [2.45, 2.75) is 20.3 Å². The number of nitrogens with one attached hydrogen (secondary N) is 1. The summed E-state index contributed by atoms with van der Waals surface area (Å²) in [6.45, 7) is 3.70. The van der Waals surface area contributed by atoms with Gasteiger partial charge in [0.2, 0.25) is 0 Å². The van der Waals surface area contributed by atoms with Crippen LogP contribution in [0.15, 0.2) is 29.7 Å². The van der Waals surface area contributed by atoms with Gasteiger partial charge in [-0.2, -0.15) is 10.4 Å². The number of nitriles is 1. The Hall–Kier alpha value is -3.47. The molecule has 0 bridgehead atoms. The highest BCUT2D eigenvalue weighted by molar-refractivity contribution is 6.05. The molecule has 1 aliphatic heterocycles. The highest BCUT2D eigenvalue weighted by Gasteiger charge is 2.24. The van der Waals surface area contributed by atoms with Gasteiger partial charge >= 0.3 is 0 Å². The van der Waals surface area contributed by atoms with E-state index in [1.54, 1.807) is 37.2 Å². The average Bonchev–Trinajstić information content (AvgIpc) is 3.00. The van der Waals surface area contributed by atoms with Crippen LogP contribution < -0.4 is 5.32 Å². The van der Waals surface area contributed by atoms with E-state index >= 15 is 0 Å². The fraction of sp³-hybridized carbons (Fsp3) is 0.350. The van der Waals surface area contributed by atoms with Crippen molar-refractivity contribution >= 4 is 23.0 Å². The van der Waals surface area contributed by atoms with Gasteiger partial charge in [-0.1, -0.05) is 0 Å². The van der Waals surface area contributed by atoms with E-state index in [4.69, 9.17) is 0 Å². The van der Waals surface area contributed by atoms with E-state index in [-0.39, 0.29) is 11.8 Å². The zero-order chi connectivity index (χ0) is 20.4. The summed E-state index contributed by atoms with van der Waals surface area (Å²) in [7, 11) is 5.54. The maximum absolute atomic E-state index is 12.6. The lowest BCUT2D eigenvalue weighted by molar-refractivity contribution is 0.102. The molecule has 3 rings (SSSR count). The van der Waals surface area contributed by atoms with Crippen molar-refractivity contribution < 1.29 is 4.79 Å². The number of carbonyl (C=O) groups is 1. The maximum Gasteiger partial charge on any atom is 0.259 e. The highest BCUT2D eigenvalue weighted by atomic mass is 16.1. The Bertz CT molecular complexity index is 1020. The lowest BCUT2D eigenvalue weighted by atomic mass is 9.91. The average molecular weight is 377 g/mol. The van der Waals surface area contributed by atoms with E-state index in [1.807, 2.05) is 32.0 Å². The Morgan fingerprint density at radius 3 is 2.71 bits per heavy atom. The minimum Gasteiger partial charge on any atom is -0.365 e. The zero-order valence-corrected chi connectivity index (χ0v) is 16.7. The molecule has 8 heteroatoms. The van der Waals surface area contributed by atoms with Gasteiger partial charge in [-0.05, 0) is 31.9 Å². The van der Waals surface area contributed by atoms with Gasteiger partial charge in [0.1, 0.15) is 11.8 Å². The predicted octanol–water partition coefficient (Wildman–Crippen LogP) is 2.53. The van der Waals surface area contributed by atoms with E-state index in [1.165, 1.54) is 0 Å². The smallest absolute Gasteiger partial charge is 0.259 e. The molecule has 0 aromatic carbocycles. The molecule has 0 radical (unpaired) electrons. The Morgan fingerprint density at radius 2 is 2.11 bits per heavy atom. The third kappa shape index (κ3) is 3.78. The molecule has 28 heavy (non-hydrogen) atoms. The first-order valence-electron chi connectivity index (χ1n) is 8.92. The monoisotopic (exact) mass is 377 g/mol. The normalized spacial score (nSPS) is 16.1. The number of hydrogen-bond donors (Lipinski definition) is 1. The van der Waals surface area contributed by atoms with Crippen LogP contribution in [0.4, 0.5) is 5.69 Å². The number of nitrogens with zero attached hydrogens (tertiary/aromatic N) is 6. The number of aromatic nitrogens is 3. The van der Waals surface area contributed by atoms with Gasteiger partial charge in [0.15, 0.2) is 0 Å². The minimum absolute atomic E-state index is 0.234. The van der Waals surface area contributed by atoms with Crippen LogP contribution in [0.3, 0.4) is 0 Å². The van der Waals surface area contributed by atoms with E-state index < -0.39 is 0 Å².